The molecule has 0 saturated carbocycles. The highest BCUT2D eigenvalue weighted by Crippen LogP contribution is 2.19. The van der Waals surface area contributed by atoms with E-state index in [4.69, 9.17) is 5.11 Å². The van der Waals surface area contributed by atoms with Gasteiger partial charge in [0.2, 0.25) is 0 Å². The Hall–Kier alpha value is -1.78. The number of likely N-dealkylation sites (tertiary alicyclic amines) is 1. The van der Waals surface area contributed by atoms with E-state index in [-0.39, 0.29) is 5.91 Å². The zero-order valence-electron chi connectivity index (χ0n) is 8.14. The number of nitrogens with one attached hydrogen (secondary N) is 1. The molecular weight excluding hydrogens is 196 g/mol. The van der Waals surface area contributed by atoms with E-state index in [9.17, 15) is 9.59 Å². The number of aliphatic carboxylic acids is 1. The van der Waals surface area contributed by atoms with Crippen molar-refractivity contribution in [3.8, 4) is 0 Å². The standard InChI is InChI=1S/C10H12N2O3/c13-9(7-3-1-5-11-7)12-6-2-4-8(12)10(14)15/h1,3,5,8,11H,2,4,6H2,(H,14,15)/t8-/m0/s1. The van der Waals surface area contributed by atoms with Crippen molar-refractivity contribution >= 4 is 11.9 Å². The van der Waals surface area contributed by atoms with Gasteiger partial charge >= 0.3 is 5.97 Å². The maximum absolute atomic E-state index is 11.9. The van der Waals surface area contributed by atoms with Crippen LogP contribution in [-0.2, 0) is 4.79 Å². The molecule has 2 N–H and O–H groups in total. The molecule has 0 unspecified atom stereocenters. The van der Waals surface area contributed by atoms with Gasteiger partial charge in [-0.15, -0.1) is 0 Å². The first-order valence-electron chi connectivity index (χ1n) is 4.87. The summed E-state index contributed by atoms with van der Waals surface area (Å²) in [7, 11) is 0. The van der Waals surface area contributed by atoms with Crippen molar-refractivity contribution in [2.24, 2.45) is 0 Å². The highest BCUT2D eigenvalue weighted by atomic mass is 16.4. The summed E-state index contributed by atoms with van der Waals surface area (Å²) in [5.74, 6) is -1.16. The normalized spacial score (nSPS) is 20.5. The van der Waals surface area contributed by atoms with Gasteiger partial charge in [0, 0.05) is 12.7 Å². The van der Waals surface area contributed by atoms with Crippen molar-refractivity contribution in [2.75, 3.05) is 6.54 Å². The number of amides is 1. The lowest BCUT2D eigenvalue weighted by Gasteiger charge is -2.20. The number of hydrogen-bond acceptors (Lipinski definition) is 2. The van der Waals surface area contributed by atoms with E-state index in [1.54, 1.807) is 18.3 Å². The van der Waals surface area contributed by atoms with Gasteiger partial charge in [-0.2, -0.15) is 0 Å². The lowest BCUT2D eigenvalue weighted by molar-refractivity contribution is -0.141. The number of hydrogen-bond donors (Lipinski definition) is 2. The average molecular weight is 208 g/mol. The van der Waals surface area contributed by atoms with Gasteiger partial charge in [0.25, 0.3) is 5.91 Å². The molecule has 1 saturated heterocycles. The summed E-state index contributed by atoms with van der Waals surface area (Å²) in [5, 5.41) is 8.93. The minimum absolute atomic E-state index is 0.232. The van der Waals surface area contributed by atoms with Crippen LogP contribution >= 0.6 is 0 Å². The fraction of sp³-hybridized carbons (Fsp3) is 0.400. The van der Waals surface area contributed by atoms with Crippen LogP contribution in [0.3, 0.4) is 0 Å². The molecule has 80 valence electrons. The summed E-state index contributed by atoms with van der Waals surface area (Å²) >= 11 is 0. The first-order chi connectivity index (χ1) is 7.20. The lowest BCUT2D eigenvalue weighted by atomic mass is 10.2. The summed E-state index contributed by atoms with van der Waals surface area (Å²) in [6.45, 7) is 0.523. The quantitative estimate of drug-likeness (QED) is 0.751. The van der Waals surface area contributed by atoms with Gasteiger partial charge in [0.05, 0.1) is 0 Å². The molecule has 1 amide bonds. The van der Waals surface area contributed by atoms with E-state index < -0.39 is 12.0 Å². The van der Waals surface area contributed by atoms with E-state index in [2.05, 4.69) is 4.98 Å². The lowest BCUT2D eigenvalue weighted by Crippen LogP contribution is -2.40. The largest absolute Gasteiger partial charge is 0.480 e. The molecule has 0 aliphatic carbocycles. The molecule has 2 heterocycles. The van der Waals surface area contributed by atoms with Crippen LogP contribution in [0.4, 0.5) is 0 Å². The third-order valence-corrected chi connectivity index (χ3v) is 2.63. The number of aromatic nitrogens is 1. The van der Waals surface area contributed by atoms with Gasteiger partial charge in [-0.05, 0) is 25.0 Å². The number of carbonyl (C=O) groups is 2. The Balaban J connectivity index is 2.17. The van der Waals surface area contributed by atoms with Crippen LogP contribution in [0.15, 0.2) is 18.3 Å². The van der Waals surface area contributed by atoms with Gasteiger partial charge < -0.3 is 15.0 Å². The van der Waals surface area contributed by atoms with E-state index in [1.807, 2.05) is 0 Å². The average Bonchev–Trinajstić information content (AvgIpc) is 2.88. The zero-order chi connectivity index (χ0) is 10.8. The Morgan fingerprint density at radius 1 is 1.53 bits per heavy atom. The number of carbonyl (C=O) groups excluding carboxylic acids is 1. The van der Waals surface area contributed by atoms with Crippen LogP contribution in [0.1, 0.15) is 23.3 Å². The van der Waals surface area contributed by atoms with E-state index in [1.165, 1.54) is 4.90 Å². The first kappa shape index (κ1) is 9.76. The molecule has 5 heteroatoms. The zero-order valence-corrected chi connectivity index (χ0v) is 8.14. The molecule has 1 aromatic heterocycles. The molecular formula is C10H12N2O3. The number of carboxylic acid groups (broad SMARTS) is 1. The summed E-state index contributed by atoms with van der Waals surface area (Å²) in [6.07, 6.45) is 2.95. The van der Waals surface area contributed by atoms with Crippen molar-refractivity contribution in [1.29, 1.82) is 0 Å². The molecule has 15 heavy (non-hydrogen) atoms. The number of aromatic amines is 1. The molecule has 1 aromatic rings. The smallest absolute Gasteiger partial charge is 0.326 e. The Bertz CT molecular complexity index is 372. The third kappa shape index (κ3) is 1.72. The van der Waals surface area contributed by atoms with Crippen molar-refractivity contribution in [3.63, 3.8) is 0 Å². The minimum atomic E-state index is -0.924. The van der Waals surface area contributed by atoms with E-state index in [0.717, 1.165) is 6.42 Å². The first-order valence-corrected chi connectivity index (χ1v) is 4.87. The summed E-state index contributed by atoms with van der Waals surface area (Å²) in [6, 6.07) is 2.71. The number of carboxylic acids is 1. The summed E-state index contributed by atoms with van der Waals surface area (Å²) in [5.41, 5.74) is 0.447. The predicted molar refractivity (Wildman–Crippen MR) is 52.5 cm³/mol. The van der Waals surface area contributed by atoms with Crippen LogP contribution in [0, 0.1) is 0 Å². The van der Waals surface area contributed by atoms with Crippen LogP contribution in [0.2, 0.25) is 0 Å². The second-order valence-electron chi connectivity index (χ2n) is 3.58. The molecule has 1 fully saturated rings. The van der Waals surface area contributed by atoms with Gasteiger partial charge in [0.15, 0.2) is 0 Å². The molecule has 1 aliphatic rings. The number of nitrogens with zero attached hydrogens (tertiary/aromatic N) is 1. The Morgan fingerprint density at radius 2 is 2.33 bits per heavy atom. The van der Waals surface area contributed by atoms with Crippen molar-refractivity contribution in [3.05, 3.63) is 24.0 Å². The minimum Gasteiger partial charge on any atom is -0.480 e. The summed E-state index contributed by atoms with van der Waals surface area (Å²) in [4.78, 5) is 26.9. The fourth-order valence-electron chi connectivity index (χ4n) is 1.88. The Kier molecular flexibility index (Phi) is 2.45. The molecule has 2 rings (SSSR count). The molecule has 1 aliphatic heterocycles. The maximum atomic E-state index is 11.9. The molecule has 0 aromatic carbocycles. The highest BCUT2D eigenvalue weighted by Gasteiger charge is 2.34. The highest BCUT2D eigenvalue weighted by molar-refractivity contribution is 5.95. The summed E-state index contributed by atoms with van der Waals surface area (Å²) < 4.78 is 0. The monoisotopic (exact) mass is 208 g/mol. The van der Waals surface area contributed by atoms with E-state index in [0.29, 0.717) is 18.7 Å². The van der Waals surface area contributed by atoms with Crippen molar-refractivity contribution in [1.82, 2.24) is 9.88 Å². The van der Waals surface area contributed by atoms with Gasteiger partial charge in [-0.1, -0.05) is 0 Å². The second-order valence-corrected chi connectivity index (χ2v) is 3.58. The van der Waals surface area contributed by atoms with Crippen LogP contribution in [0.5, 0.6) is 0 Å². The number of rotatable bonds is 2. The molecule has 0 radical (unpaired) electrons. The van der Waals surface area contributed by atoms with Gasteiger partial charge in [-0.25, -0.2) is 4.79 Å². The van der Waals surface area contributed by atoms with Gasteiger partial charge in [0.1, 0.15) is 11.7 Å². The van der Waals surface area contributed by atoms with Crippen LogP contribution < -0.4 is 0 Å². The van der Waals surface area contributed by atoms with Crippen molar-refractivity contribution < 1.29 is 14.7 Å². The van der Waals surface area contributed by atoms with Crippen LogP contribution in [0.25, 0.3) is 0 Å². The third-order valence-electron chi connectivity index (χ3n) is 2.63. The number of H-pyrrole nitrogens is 1. The Morgan fingerprint density at radius 3 is 2.93 bits per heavy atom. The van der Waals surface area contributed by atoms with Gasteiger partial charge in [-0.3, -0.25) is 4.79 Å². The molecule has 0 spiro atoms. The molecule has 1 atom stereocenters. The molecule has 5 nitrogen and oxygen atoms in total. The SMILES string of the molecule is O=C(O)[C@@H]1CCCN1C(=O)c1ccc[nH]1. The second kappa shape index (κ2) is 3.76. The topological polar surface area (TPSA) is 73.4 Å². The van der Waals surface area contributed by atoms with Crippen LogP contribution in [-0.4, -0.2) is 39.5 Å². The fourth-order valence-corrected chi connectivity index (χ4v) is 1.88. The maximum Gasteiger partial charge on any atom is 0.326 e. The molecule has 0 bridgehead atoms. The predicted octanol–water partition coefficient (Wildman–Crippen LogP) is 0.704. The van der Waals surface area contributed by atoms with E-state index >= 15 is 0 Å². The van der Waals surface area contributed by atoms with Crippen molar-refractivity contribution in [2.45, 2.75) is 18.9 Å². The Labute approximate surface area is 86.7 Å².